The van der Waals surface area contributed by atoms with E-state index in [2.05, 4.69) is 0 Å². The normalized spacial score (nSPS) is 13.2. The van der Waals surface area contributed by atoms with E-state index in [4.69, 9.17) is 4.74 Å². The standard InChI is InChI=1S/C15H10F2N2O4/c16-9-1-3-12(17)11(7-9)15(20)18-5-6-23-14-4-2-10(19(21)22)8-13(14)18/h1-4,7-8H,5-6H2. The van der Waals surface area contributed by atoms with E-state index in [0.717, 1.165) is 23.1 Å². The van der Waals surface area contributed by atoms with Gasteiger partial charge in [0, 0.05) is 12.1 Å². The molecular formula is C15H10F2N2O4. The highest BCUT2D eigenvalue weighted by molar-refractivity contribution is 6.07. The minimum absolute atomic E-state index is 0.0724. The van der Waals surface area contributed by atoms with Gasteiger partial charge in [0.1, 0.15) is 24.0 Å². The van der Waals surface area contributed by atoms with Crippen molar-refractivity contribution in [2.75, 3.05) is 18.1 Å². The smallest absolute Gasteiger partial charge is 0.271 e. The molecule has 0 radical (unpaired) electrons. The second-order valence-corrected chi connectivity index (χ2v) is 4.84. The summed E-state index contributed by atoms with van der Waals surface area (Å²) in [4.78, 5) is 23.9. The van der Waals surface area contributed by atoms with Gasteiger partial charge in [0.2, 0.25) is 0 Å². The van der Waals surface area contributed by atoms with Crippen molar-refractivity contribution in [3.8, 4) is 5.75 Å². The second kappa shape index (κ2) is 5.64. The minimum atomic E-state index is -0.866. The molecule has 2 aromatic rings. The van der Waals surface area contributed by atoms with Gasteiger partial charge in [-0.25, -0.2) is 8.78 Å². The van der Waals surface area contributed by atoms with E-state index in [9.17, 15) is 23.7 Å². The first-order valence-corrected chi connectivity index (χ1v) is 6.65. The lowest BCUT2D eigenvalue weighted by atomic mass is 10.1. The van der Waals surface area contributed by atoms with Crippen LogP contribution in [0.25, 0.3) is 0 Å². The maximum absolute atomic E-state index is 13.8. The van der Waals surface area contributed by atoms with Crippen LogP contribution in [0.2, 0.25) is 0 Å². The Morgan fingerprint density at radius 3 is 2.74 bits per heavy atom. The van der Waals surface area contributed by atoms with E-state index in [1.54, 1.807) is 0 Å². The van der Waals surface area contributed by atoms with Crippen LogP contribution in [0.5, 0.6) is 5.75 Å². The van der Waals surface area contributed by atoms with Crippen LogP contribution in [-0.4, -0.2) is 24.0 Å². The third-order valence-corrected chi connectivity index (χ3v) is 3.42. The zero-order chi connectivity index (χ0) is 16.6. The molecule has 0 saturated carbocycles. The summed E-state index contributed by atoms with van der Waals surface area (Å²) in [6.45, 7) is 0.219. The lowest BCUT2D eigenvalue weighted by Gasteiger charge is -2.29. The lowest BCUT2D eigenvalue weighted by molar-refractivity contribution is -0.384. The summed E-state index contributed by atoms with van der Waals surface area (Å²) < 4.78 is 32.4. The van der Waals surface area contributed by atoms with Crippen LogP contribution >= 0.6 is 0 Å². The van der Waals surface area contributed by atoms with Crippen LogP contribution in [0.15, 0.2) is 36.4 Å². The number of halogens is 2. The van der Waals surface area contributed by atoms with Gasteiger partial charge in [0.15, 0.2) is 0 Å². The van der Waals surface area contributed by atoms with Crippen LogP contribution in [0.3, 0.4) is 0 Å². The molecule has 0 N–H and O–H groups in total. The number of nitro groups is 1. The van der Waals surface area contributed by atoms with Gasteiger partial charge in [0.05, 0.1) is 22.7 Å². The predicted molar refractivity (Wildman–Crippen MR) is 76.6 cm³/mol. The molecule has 0 fully saturated rings. The number of amides is 1. The highest BCUT2D eigenvalue weighted by Crippen LogP contribution is 2.35. The molecule has 1 aliphatic heterocycles. The monoisotopic (exact) mass is 320 g/mol. The number of non-ortho nitro benzene ring substituents is 1. The number of nitrogens with zero attached hydrogens (tertiary/aromatic N) is 2. The number of carbonyl (C=O) groups excluding carboxylic acids is 1. The van der Waals surface area contributed by atoms with Gasteiger partial charge < -0.3 is 9.64 Å². The number of nitro benzene ring substituents is 1. The molecule has 23 heavy (non-hydrogen) atoms. The van der Waals surface area contributed by atoms with Crippen LogP contribution in [0.1, 0.15) is 10.4 Å². The SMILES string of the molecule is O=C(c1cc(F)ccc1F)N1CCOc2ccc([N+](=O)[O-])cc21. The number of benzene rings is 2. The van der Waals surface area contributed by atoms with Gasteiger partial charge in [-0.3, -0.25) is 14.9 Å². The summed E-state index contributed by atoms with van der Waals surface area (Å²) in [5.74, 6) is -2.13. The number of rotatable bonds is 2. The average Bonchev–Trinajstić information content (AvgIpc) is 2.55. The molecular weight excluding hydrogens is 310 g/mol. The van der Waals surface area contributed by atoms with Gasteiger partial charge in [0.25, 0.3) is 11.6 Å². The Bertz CT molecular complexity index is 810. The molecule has 1 amide bonds. The van der Waals surface area contributed by atoms with Crippen LogP contribution in [-0.2, 0) is 0 Å². The molecule has 0 aromatic heterocycles. The summed E-state index contributed by atoms with van der Waals surface area (Å²) in [5.41, 5.74) is -0.518. The Kier molecular flexibility index (Phi) is 3.65. The molecule has 0 atom stereocenters. The molecule has 1 aliphatic rings. The van der Waals surface area contributed by atoms with Crippen molar-refractivity contribution in [3.05, 3.63) is 63.7 Å². The third-order valence-electron chi connectivity index (χ3n) is 3.42. The zero-order valence-electron chi connectivity index (χ0n) is 11.7. The minimum Gasteiger partial charge on any atom is -0.490 e. The van der Waals surface area contributed by atoms with Crippen molar-refractivity contribution < 1.29 is 23.2 Å². The van der Waals surface area contributed by atoms with E-state index in [1.807, 2.05) is 0 Å². The van der Waals surface area contributed by atoms with Crippen molar-refractivity contribution in [1.29, 1.82) is 0 Å². The van der Waals surface area contributed by atoms with Crippen molar-refractivity contribution >= 4 is 17.3 Å². The summed E-state index contributed by atoms with van der Waals surface area (Å²) in [6.07, 6.45) is 0. The highest BCUT2D eigenvalue weighted by atomic mass is 19.1. The largest absolute Gasteiger partial charge is 0.490 e. The Balaban J connectivity index is 2.05. The predicted octanol–water partition coefficient (Wildman–Crippen LogP) is 2.91. The topological polar surface area (TPSA) is 72.7 Å². The van der Waals surface area contributed by atoms with E-state index >= 15 is 0 Å². The van der Waals surface area contributed by atoms with Crippen LogP contribution in [0, 0.1) is 21.7 Å². The van der Waals surface area contributed by atoms with Gasteiger partial charge in [-0.2, -0.15) is 0 Å². The first-order chi connectivity index (χ1) is 11.0. The van der Waals surface area contributed by atoms with Crippen molar-refractivity contribution in [1.82, 2.24) is 0 Å². The Morgan fingerprint density at radius 2 is 2.00 bits per heavy atom. The summed E-state index contributed by atoms with van der Waals surface area (Å²) in [5, 5.41) is 10.9. The maximum Gasteiger partial charge on any atom is 0.271 e. The van der Waals surface area contributed by atoms with Crippen molar-refractivity contribution in [3.63, 3.8) is 0 Å². The quantitative estimate of drug-likeness (QED) is 0.630. The Labute approximate surface area is 129 Å². The number of anilines is 1. The van der Waals surface area contributed by atoms with Crippen LogP contribution < -0.4 is 9.64 Å². The second-order valence-electron chi connectivity index (χ2n) is 4.84. The van der Waals surface area contributed by atoms with Crippen LogP contribution in [0.4, 0.5) is 20.2 Å². The maximum atomic E-state index is 13.8. The number of hydrogen-bond donors (Lipinski definition) is 0. The molecule has 3 rings (SSSR count). The molecule has 0 spiro atoms. The van der Waals surface area contributed by atoms with Crippen molar-refractivity contribution in [2.24, 2.45) is 0 Å². The molecule has 1 heterocycles. The number of carbonyl (C=O) groups is 1. The molecule has 0 aliphatic carbocycles. The zero-order valence-corrected chi connectivity index (χ0v) is 11.7. The molecule has 2 aromatic carbocycles. The fraction of sp³-hybridized carbons (Fsp3) is 0.133. The van der Waals surface area contributed by atoms with Gasteiger partial charge in [-0.15, -0.1) is 0 Å². The van der Waals surface area contributed by atoms with Gasteiger partial charge in [-0.05, 0) is 24.3 Å². The summed E-state index contributed by atoms with van der Waals surface area (Å²) >= 11 is 0. The molecule has 0 unspecified atom stereocenters. The Hall–Kier alpha value is -3.03. The third kappa shape index (κ3) is 2.70. The molecule has 118 valence electrons. The lowest BCUT2D eigenvalue weighted by Crippen LogP contribution is -2.38. The molecule has 0 saturated heterocycles. The van der Waals surface area contributed by atoms with Crippen molar-refractivity contribution in [2.45, 2.75) is 0 Å². The highest BCUT2D eigenvalue weighted by Gasteiger charge is 2.28. The first-order valence-electron chi connectivity index (χ1n) is 6.65. The fourth-order valence-electron chi connectivity index (χ4n) is 2.34. The summed E-state index contributed by atoms with van der Waals surface area (Å²) in [7, 11) is 0. The number of ether oxygens (including phenoxy) is 1. The molecule has 0 bridgehead atoms. The average molecular weight is 320 g/mol. The van der Waals surface area contributed by atoms with Gasteiger partial charge >= 0.3 is 0 Å². The number of hydrogen-bond acceptors (Lipinski definition) is 4. The van der Waals surface area contributed by atoms with E-state index in [1.165, 1.54) is 18.2 Å². The van der Waals surface area contributed by atoms with E-state index in [0.29, 0.717) is 0 Å². The first kappa shape index (κ1) is 14.9. The molecule has 6 nitrogen and oxygen atoms in total. The Morgan fingerprint density at radius 1 is 1.22 bits per heavy atom. The molecule has 8 heteroatoms. The summed E-state index contributed by atoms with van der Waals surface area (Å²) in [6, 6.07) is 6.35. The fourth-order valence-corrected chi connectivity index (χ4v) is 2.34. The van der Waals surface area contributed by atoms with E-state index in [-0.39, 0.29) is 30.3 Å². The van der Waals surface area contributed by atoms with E-state index < -0.39 is 28.0 Å². The van der Waals surface area contributed by atoms with Gasteiger partial charge in [-0.1, -0.05) is 0 Å². The number of fused-ring (bicyclic) bond motifs is 1.